The number of halogens is 4. The Kier molecular flexibility index (Phi) is 5.93. The van der Waals surface area contributed by atoms with Crippen molar-refractivity contribution >= 4 is 27.6 Å². The minimum absolute atomic E-state index is 0.133. The number of rotatable bonds is 5. The Labute approximate surface area is 167 Å². The molecule has 1 aromatic carbocycles. The second-order valence-corrected chi connectivity index (χ2v) is 7.01. The Hall–Kier alpha value is -2.55. The number of esters is 1. The van der Waals surface area contributed by atoms with Gasteiger partial charge in [-0.2, -0.15) is 13.2 Å². The van der Waals surface area contributed by atoms with Gasteiger partial charge < -0.3 is 14.4 Å². The molecule has 1 fully saturated rings. The van der Waals surface area contributed by atoms with E-state index in [1.165, 1.54) is 6.07 Å². The van der Waals surface area contributed by atoms with Crippen molar-refractivity contribution in [1.29, 1.82) is 0 Å². The quantitative estimate of drug-likeness (QED) is 0.373. The van der Waals surface area contributed by atoms with Crippen LogP contribution in [0.15, 0.2) is 53.7 Å². The number of anilines is 1. The SMILES string of the molecule is C=CC(=O)Oc1cc(Br)ccc1N1CCC(Oc2ccc(C(F)(F)F)cn2)C1. The smallest absolute Gasteiger partial charge is 0.417 e. The molecule has 9 heteroatoms. The van der Waals surface area contributed by atoms with Crippen molar-refractivity contribution in [3.8, 4) is 11.6 Å². The molecular weight excluding hydrogens is 441 g/mol. The van der Waals surface area contributed by atoms with Gasteiger partial charge in [-0.3, -0.25) is 0 Å². The lowest BCUT2D eigenvalue weighted by Crippen LogP contribution is -2.25. The van der Waals surface area contributed by atoms with Crippen LogP contribution < -0.4 is 14.4 Å². The molecular formula is C19H16BrF3N2O3. The molecule has 2 heterocycles. The number of carbonyl (C=O) groups excluding carboxylic acids is 1. The number of hydrogen-bond acceptors (Lipinski definition) is 5. The van der Waals surface area contributed by atoms with E-state index in [1.807, 2.05) is 17.0 Å². The summed E-state index contributed by atoms with van der Waals surface area (Å²) in [7, 11) is 0. The average Bonchev–Trinajstić information content (AvgIpc) is 3.09. The Morgan fingerprint density at radius 2 is 2.11 bits per heavy atom. The van der Waals surface area contributed by atoms with Gasteiger partial charge in [0.05, 0.1) is 17.8 Å². The lowest BCUT2D eigenvalue weighted by molar-refractivity contribution is -0.137. The van der Waals surface area contributed by atoms with Crippen molar-refractivity contribution < 1.29 is 27.4 Å². The topological polar surface area (TPSA) is 51.7 Å². The maximum absolute atomic E-state index is 12.6. The molecule has 0 saturated carbocycles. The number of carbonyl (C=O) groups is 1. The molecule has 0 radical (unpaired) electrons. The van der Waals surface area contributed by atoms with E-state index in [2.05, 4.69) is 27.5 Å². The summed E-state index contributed by atoms with van der Waals surface area (Å²) in [6.07, 6.45) is -2.21. The van der Waals surface area contributed by atoms with Crippen LogP contribution in [0, 0.1) is 0 Å². The van der Waals surface area contributed by atoms with E-state index >= 15 is 0 Å². The first-order valence-electron chi connectivity index (χ1n) is 8.35. The largest absolute Gasteiger partial charge is 0.472 e. The number of ether oxygens (including phenoxy) is 2. The summed E-state index contributed by atoms with van der Waals surface area (Å²) in [5.41, 5.74) is -0.110. The number of benzene rings is 1. The normalized spacial score (nSPS) is 16.7. The Morgan fingerprint density at radius 3 is 2.75 bits per heavy atom. The predicted octanol–water partition coefficient (Wildman–Crippen LogP) is 4.61. The first-order chi connectivity index (χ1) is 13.3. The highest BCUT2D eigenvalue weighted by Crippen LogP contribution is 2.35. The third-order valence-electron chi connectivity index (χ3n) is 4.14. The summed E-state index contributed by atoms with van der Waals surface area (Å²) >= 11 is 3.34. The molecule has 0 amide bonds. The summed E-state index contributed by atoms with van der Waals surface area (Å²) in [5.74, 6) is -0.0538. The maximum atomic E-state index is 12.6. The van der Waals surface area contributed by atoms with E-state index in [4.69, 9.17) is 9.47 Å². The number of alkyl halides is 3. The molecule has 1 aliphatic heterocycles. The molecule has 1 aliphatic rings. The fourth-order valence-corrected chi connectivity index (χ4v) is 3.15. The van der Waals surface area contributed by atoms with Gasteiger partial charge in [-0.15, -0.1) is 0 Å². The summed E-state index contributed by atoms with van der Waals surface area (Å²) in [5, 5.41) is 0. The van der Waals surface area contributed by atoms with E-state index < -0.39 is 17.7 Å². The van der Waals surface area contributed by atoms with Crippen LogP contribution in [0.2, 0.25) is 0 Å². The van der Waals surface area contributed by atoms with Gasteiger partial charge in [-0.1, -0.05) is 22.5 Å². The first-order valence-corrected chi connectivity index (χ1v) is 9.14. The van der Waals surface area contributed by atoms with Crippen molar-refractivity contribution in [2.45, 2.75) is 18.7 Å². The summed E-state index contributed by atoms with van der Waals surface area (Å²) in [6, 6.07) is 7.47. The van der Waals surface area contributed by atoms with Crippen LogP contribution in [0.4, 0.5) is 18.9 Å². The van der Waals surface area contributed by atoms with Crippen LogP contribution in [0.5, 0.6) is 11.6 Å². The van der Waals surface area contributed by atoms with Gasteiger partial charge in [-0.05, 0) is 24.3 Å². The van der Waals surface area contributed by atoms with Gasteiger partial charge in [0, 0.05) is 35.8 Å². The third-order valence-corrected chi connectivity index (χ3v) is 4.63. The molecule has 0 bridgehead atoms. The Morgan fingerprint density at radius 1 is 1.32 bits per heavy atom. The van der Waals surface area contributed by atoms with Crippen molar-refractivity contribution in [1.82, 2.24) is 4.98 Å². The van der Waals surface area contributed by atoms with Crippen LogP contribution in [-0.2, 0) is 11.0 Å². The van der Waals surface area contributed by atoms with Crippen molar-refractivity contribution in [2.75, 3.05) is 18.0 Å². The van der Waals surface area contributed by atoms with Gasteiger partial charge in [-0.25, -0.2) is 9.78 Å². The zero-order chi connectivity index (χ0) is 20.3. The predicted molar refractivity (Wildman–Crippen MR) is 100 cm³/mol. The van der Waals surface area contributed by atoms with Gasteiger partial charge in [0.25, 0.3) is 0 Å². The third kappa shape index (κ3) is 4.83. The maximum Gasteiger partial charge on any atom is 0.417 e. The molecule has 148 valence electrons. The van der Waals surface area contributed by atoms with E-state index in [0.29, 0.717) is 30.9 Å². The van der Waals surface area contributed by atoms with Gasteiger partial charge >= 0.3 is 12.1 Å². The summed E-state index contributed by atoms with van der Waals surface area (Å²) in [6.45, 7) is 4.50. The molecule has 1 saturated heterocycles. The van der Waals surface area contributed by atoms with E-state index in [0.717, 1.165) is 22.8 Å². The standard InChI is InChI=1S/C19H16BrF3N2O3/c1-2-18(26)28-16-9-13(20)4-5-15(16)25-8-7-14(11-25)27-17-6-3-12(10-24-17)19(21,22)23/h2-6,9-10,14H,1,7-8,11H2. The van der Waals surface area contributed by atoms with Crippen LogP contribution in [-0.4, -0.2) is 30.1 Å². The van der Waals surface area contributed by atoms with Gasteiger partial charge in [0.2, 0.25) is 5.88 Å². The molecule has 3 rings (SSSR count). The molecule has 5 nitrogen and oxygen atoms in total. The zero-order valence-electron chi connectivity index (χ0n) is 14.6. The Bertz CT molecular complexity index is 872. The van der Waals surface area contributed by atoms with Crippen molar-refractivity contribution in [3.05, 3.63) is 59.2 Å². The first kappa shape index (κ1) is 20.2. The van der Waals surface area contributed by atoms with E-state index in [-0.39, 0.29) is 12.0 Å². The number of aromatic nitrogens is 1. The molecule has 1 atom stereocenters. The minimum Gasteiger partial charge on any atom is -0.472 e. The highest BCUT2D eigenvalue weighted by Gasteiger charge is 2.31. The van der Waals surface area contributed by atoms with Crippen LogP contribution in [0.3, 0.4) is 0 Å². The molecule has 1 aromatic heterocycles. The van der Waals surface area contributed by atoms with Crippen molar-refractivity contribution in [3.63, 3.8) is 0 Å². The Balaban J connectivity index is 1.69. The molecule has 28 heavy (non-hydrogen) atoms. The second-order valence-electron chi connectivity index (χ2n) is 6.09. The molecule has 0 aliphatic carbocycles. The fraction of sp³-hybridized carbons (Fsp3) is 0.263. The number of pyridine rings is 1. The van der Waals surface area contributed by atoms with Gasteiger partial charge in [0.15, 0.2) is 5.75 Å². The summed E-state index contributed by atoms with van der Waals surface area (Å²) in [4.78, 5) is 17.3. The number of nitrogens with zero attached hydrogens (tertiary/aromatic N) is 2. The highest BCUT2D eigenvalue weighted by molar-refractivity contribution is 9.10. The molecule has 0 N–H and O–H groups in total. The lowest BCUT2D eigenvalue weighted by Gasteiger charge is -2.21. The molecule has 1 unspecified atom stereocenters. The van der Waals surface area contributed by atoms with Crippen LogP contribution in [0.25, 0.3) is 0 Å². The van der Waals surface area contributed by atoms with E-state index in [1.54, 1.807) is 6.07 Å². The van der Waals surface area contributed by atoms with Crippen LogP contribution in [0.1, 0.15) is 12.0 Å². The summed E-state index contributed by atoms with van der Waals surface area (Å²) < 4.78 is 49.6. The lowest BCUT2D eigenvalue weighted by atomic mass is 10.2. The molecule has 2 aromatic rings. The van der Waals surface area contributed by atoms with E-state index in [9.17, 15) is 18.0 Å². The minimum atomic E-state index is -4.43. The van der Waals surface area contributed by atoms with Crippen LogP contribution >= 0.6 is 15.9 Å². The average molecular weight is 457 g/mol. The zero-order valence-corrected chi connectivity index (χ0v) is 16.2. The highest BCUT2D eigenvalue weighted by atomic mass is 79.9. The molecule has 0 spiro atoms. The number of hydrogen-bond donors (Lipinski definition) is 0. The van der Waals surface area contributed by atoms with Gasteiger partial charge in [0.1, 0.15) is 6.10 Å². The van der Waals surface area contributed by atoms with Crippen molar-refractivity contribution in [2.24, 2.45) is 0 Å². The monoisotopic (exact) mass is 456 g/mol. The fourth-order valence-electron chi connectivity index (χ4n) is 2.81. The second kappa shape index (κ2) is 8.22.